The third-order valence-corrected chi connectivity index (χ3v) is 2.63. The number of carbonyl (C=O) groups excluding carboxylic acids is 1. The van der Waals surface area contributed by atoms with E-state index in [2.05, 4.69) is 0 Å². The van der Waals surface area contributed by atoms with Crippen LogP contribution in [0.2, 0.25) is 0 Å². The monoisotopic (exact) mass is 274 g/mol. The highest BCUT2D eigenvalue weighted by Crippen LogP contribution is 2.17. The van der Waals surface area contributed by atoms with Gasteiger partial charge in [0, 0.05) is 36.7 Å². The zero-order valence-corrected chi connectivity index (χ0v) is 8.98. The molecule has 1 amide bonds. The Labute approximate surface area is 77.3 Å². The zero-order chi connectivity index (χ0) is 8.15. The zero-order valence-electron chi connectivity index (χ0n) is 6.00. The third-order valence-electron chi connectivity index (χ3n) is 1.13. The molecule has 0 heterocycles. The summed E-state index contributed by atoms with van der Waals surface area (Å²) in [6, 6.07) is 0. The van der Waals surface area contributed by atoms with Gasteiger partial charge in [0.25, 0.3) is 5.24 Å². The SMILES string of the molecule is CCN(C(=O)SI)C(C)N. The molecule has 0 aromatic carbocycles. The second-order valence-electron chi connectivity index (χ2n) is 1.87. The Morgan fingerprint density at radius 2 is 2.40 bits per heavy atom. The van der Waals surface area contributed by atoms with Crippen molar-refractivity contribution in [2.24, 2.45) is 5.73 Å². The first-order valence-corrected chi connectivity index (χ1v) is 6.34. The van der Waals surface area contributed by atoms with Crippen molar-refractivity contribution >= 4 is 35.4 Å². The van der Waals surface area contributed by atoms with Crippen molar-refractivity contribution < 1.29 is 4.79 Å². The molecule has 0 bridgehead atoms. The fraction of sp³-hybridized carbons (Fsp3) is 0.800. The van der Waals surface area contributed by atoms with E-state index in [0.717, 1.165) is 8.93 Å². The number of hydrogen-bond acceptors (Lipinski definition) is 3. The predicted octanol–water partition coefficient (Wildman–Crippen LogP) is 1.82. The van der Waals surface area contributed by atoms with Gasteiger partial charge in [0.1, 0.15) is 0 Å². The lowest BCUT2D eigenvalue weighted by atomic mass is 10.5. The predicted molar refractivity (Wildman–Crippen MR) is 53.0 cm³/mol. The highest BCUT2D eigenvalue weighted by atomic mass is 127. The average molecular weight is 274 g/mol. The van der Waals surface area contributed by atoms with Gasteiger partial charge in [-0.15, -0.1) is 0 Å². The van der Waals surface area contributed by atoms with E-state index in [1.54, 1.807) is 11.8 Å². The number of nitrogens with two attached hydrogens (primary N) is 1. The molecule has 0 fully saturated rings. The molecule has 0 saturated heterocycles. The van der Waals surface area contributed by atoms with Crippen molar-refractivity contribution in [3.63, 3.8) is 0 Å². The summed E-state index contributed by atoms with van der Waals surface area (Å²) in [5, 5.41) is 0.0260. The van der Waals surface area contributed by atoms with Gasteiger partial charge in [0.2, 0.25) is 0 Å². The van der Waals surface area contributed by atoms with E-state index in [9.17, 15) is 4.79 Å². The van der Waals surface area contributed by atoms with Crippen LogP contribution in [-0.2, 0) is 0 Å². The normalized spacial score (nSPS) is 12.8. The first-order chi connectivity index (χ1) is 4.63. The maximum Gasteiger partial charge on any atom is 0.293 e. The van der Waals surface area contributed by atoms with Crippen LogP contribution in [0.4, 0.5) is 4.79 Å². The molecule has 1 atom stereocenters. The van der Waals surface area contributed by atoms with E-state index in [-0.39, 0.29) is 11.4 Å². The summed E-state index contributed by atoms with van der Waals surface area (Å²) in [5.74, 6) is 0. The van der Waals surface area contributed by atoms with Crippen molar-refractivity contribution in [3.05, 3.63) is 0 Å². The molecule has 0 rings (SSSR count). The molecule has 0 aromatic rings. The van der Waals surface area contributed by atoms with Crippen LogP contribution in [0.15, 0.2) is 0 Å². The summed E-state index contributed by atoms with van der Waals surface area (Å²) in [6.07, 6.45) is -0.181. The van der Waals surface area contributed by atoms with Crippen LogP contribution in [0, 0.1) is 0 Å². The van der Waals surface area contributed by atoms with Crippen molar-refractivity contribution in [2.75, 3.05) is 6.54 Å². The molecular formula is C5H11IN2OS. The molecule has 3 nitrogen and oxygen atoms in total. The van der Waals surface area contributed by atoms with Gasteiger partial charge in [-0.3, -0.25) is 4.79 Å². The van der Waals surface area contributed by atoms with Crippen LogP contribution < -0.4 is 5.73 Å². The van der Waals surface area contributed by atoms with Crippen molar-refractivity contribution in [1.29, 1.82) is 0 Å². The Balaban J connectivity index is 3.93. The number of hydrogen-bond donors (Lipinski definition) is 1. The highest BCUT2D eigenvalue weighted by molar-refractivity contribution is 14.2. The molecule has 0 spiro atoms. The summed E-state index contributed by atoms with van der Waals surface area (Å²) in [6.45, 7) is 4.38. The summed E-state index contributed by atoms with van der Waals surface area (Å²) in [5.41, 5.74) is 5.51. The number of carbonyl (C=O) groups is 1. The molecule has 60 valence electrons. The minimum atomic E-state index is -0.181. The van der Waals surface area contributed by atoms with Crippen molar-refractivity contribution in [3.8, 4) is 0 Å². The lowest BCUT2D eigenvalue weighted by Gasteiger charge is -2.22. The Morgan fingerprint density at radius 1 is 1.90 bits per heavy atom. The topological polar surface area (TPSA) is 46.3 Å². The number of halogens is 1. The third kappa shape index (κ3) is 3.07. The van der Waals surface area contributed by atoms with Gasteiger partial charge in [-0.05, 0) is 13.8 Å². The standard InChI is InChI=1S/C5H11IN2OS/c1-3-8(4(2)7)5(9)10-6/h4H,3,7H2,1-2H3. The van der Waals surface area contributed by atoms with Crippen molar-refractivity contribution in [1.82, 2.24) is 4.90 Å². The first kappa shape index (κ1) is 10.5. The number of nitrogens with zero attached hydrogens (tertiary/aromatic N) is 1. The van der Waals surface area contributed by atoms with Crippen LogP contribution in [0.1, 0.15) is 13.8 Å². The van der Waals surface area contributed by atoms with Gasteiger partial charge in [0.05, 0.1) is 6.17 Å². The minimum Gasteiger partial charge on any atom is -0.318 e. The molecule has 0 aliphatic rings. The van der Waals surface area contributed by atoms with Gasteiger partial charge < -0.3 is 10.6 Å². The van der Waals surface area contributed by atoms with Crippen molar-refractivity contribution in [2.45, 2.75) is 20.0 Å². The average Bonchev–Trinajstić information content (AvgIpc) is 1.88. The fourth-order valence-corrected chi connectivity index (χ4v) is 1.77. The van der Waals surface area contributed by atoms with Crippen LogP contribution in [-0.4, -0.2) is 22.8 Å². The molecule has 0 radical (unpaired) electrons. The van der Waals surface area contributed by atoms with Crippen LogP contribution >= 0.6 is 30.1 Å². The summed E-state index contributed by atoms with van der Waals surface area (Å²) < 4.78 is 0. The van der Waals surface area contributed by atoms with Gasteiger partial charge in [-0.2, -0.15) is 0 Å². The summed E-state index contributed by atoms with van der Waals surface area (Å²) >= 11 is 1.96. The largest absolute Gasteiger partial charge is 0.318 e. The van der Waals surface area contributed by atoms with E-state index in [4.69, 9.17) is 5.73 Å². The lowest BCUT2D eigenvalue weighted by Crippen LogP contribution is -2.41. The van der Waals surface area contributed by atoms with E-state index in [1.165, 1.54) is 0 Å². The quantitative estimate of drug-likeness (QED) is 0.617. The molecule has 2 N–H and O–H groups in total. The van der Waals surface area contributed by atoms with Crippen LogP contribution in [0.25, 0.3) is 0 Å². The Bertz CT molecular complexity index is 120. The molecule has 0 aliphatic heterocycles. The lowest BCUT2D eigenvalue weighted by molar-refractivity contribution is 0.210. The summed E-state index contributed by atoms with van der Waals surface area (Å²) in [7, 11) is 1.16. The van der Waals surface area contributed by atoms with Gasteiger partial charge in [0.15, 0.2) is 0 Å². The van der Waals surface area contributed by atoms with Gasteiger partial charge in [-0.1, -0.05) is 0 Å². The molecular weight excluding hydrogens is 263 g/mol. The maximum atomic E-state index is 11.0. The van der Waals surface area contributed by atoms with E-state index >= 15 is 0 Å². The molecule has 10 heavy (non-hydrogen) atoms. The fourth-order valence-electron chi connectivity index (χ4n) is 0.628. The minimum absolute atomic E-state index is 0.0260. The first-order valence-electron chi connectivity index (χ1n) is 2.98. The maximum absolute atomic E-state index is 11.0. The second kappa shape index (κ2) is 5.20. The molecule has 0 aromatic heterocycles. The van der Waals surface area contributed by atoms with Gasteiger partial charge in [-0.25, -0.2) is 0 Å². The smallest absolute Gasteiger partial charge is 0.293 e. The van der Waals surface area contributed by atoms with Gasteiger partial charge >= 0.3 is 0 Å². The second-order valence-corrected chi connectivity index (χ2v) is 3.69. The molecule has 0 saturated carbocycles. The van der Waals surface area contributed by atoms with Crippen LogP contribution in [0.5, 0.6) is 0 Å². The Hall–Kier alpha value is 0.510. The Kier molecular flexibility index (Phi) is 5.46. The van der Waals surface area contributed by atoms with E-state index < -0.39 is 0 Å². The Morgan fingerprint density at radius 3 is 2.50 bits per heavy atom. The molecule has 5 heteroatoms. The number of rotatable bonds is 2. The summed E-state index contributed by atoms with van der Waals surface area (Å²) in [4.78, 5) is 12.6. The molecule has 0 aliphatic carbocycles. The van der Waals surface area contributed by atoms with Crippen LogP contribution in [0.3, 0.4) is 0 Å². The molecule has 1 unspecified atom stereocenters. The number of amides is 1. The van der Waals surface area contributed by atoms with E-state index in [1.807, 2.05) is 28.1 Å². The van der Waals surface area contributed by atoms with E-state index in [0.29, 0.717) is 6.54 Å². The highest BCUT2D eigenvalue weighted by Gasteiger charge is 2.13.